The number of rotatable bonds is 4. The van der Waals surface area contributed by atoms with E-state index in [9.17, 15) is 0 Å². The Hall–Kier alpha value is -0.860. The van der Waals surface area contributed by atoms with Gasteiger partial charge in [0.25, 0.3) is 0 Å². The van der Waals surface area contributed by atoms with Gasteiger partial charge in [0.05, 0.1) is 0 Å². The smallest absolute Gasteiger partial charge is 0.0143 e. The fraction of sp³-hybridized carbons (Fsp3) is 0.571. The number of nitrogens with one attached hydrogen (secondary N) is 2. The van der Waals surface area contributed by atoms with Crippen LogP contribution in [0.3, 0.4) is 0 Å². The zero-order valence-corrected chi connectivity index (χ0v) is 9.65. The third-order valence-corrected chi connectivity index (χ3v) is 3.85. The average molecular weight is 216 g/mol. The molecule has 2 nitrogen and oxygen atoms in total. The Labute approximate surface area is 97.4 Å². The van der Waals surface area contributed by atoms with E-state index in [1.165, 1.54) is 38.0 Å². The maximum atomic E-state index is 3.71. The fourth-order valence-electron chi connectivity index (χ4n) is 2.70. The molecule has 1 aliphatic heterocycles. The normalized spacial score (nSPS) is 32.9. The van der Waals surface area contributed by atoms with Crippen molar-refractivity contribution in [2.45, 2.75) is 24.8 Å². The van der Waals surface area contributed by atoms with E-state index in [1.807, 2.05) is 0 Å². The summed E-state index contributed by atoms with van der Waals surface area (Å²) in [4.78, 5) is 0. The quantitative estimate of drug-likeness (QED) is 0.801. The Morgan fingerprint density at radius 3 is 2.88 bits per heavy atom. The molecule has 1 saturated carbocycles. The van der Waals surface area contributed by atoms with Crippen molar-refractivity contribution in [2.75, 3.05) is 19.6 Å². The summed E-state index contributed by atoms with van der Waals surface area (Å²) >= 11 is 0. The first-order valence-electron chi connectivity index (χ1n) is 6.42. The molecule has 1 heterocycles. The molecule has 1 aromatic carbocycles. The molecule has 1 aromatic rings. The Kier molecular flexibility index (Phi) is 2.94. The molecule has 0 amide bonds. The van der Waals surface area contributed by atoms with Crippen LogP contribution in [0.25, 0.3) is 0 Å². The van der Waals surface area contributed by atoms with E-state index in [0.717, 1.165) is 17.9 Å². The summed E-state index contributed by atoms with van der Waals surface area (Å²) in [5.41, 5.74) is 1.50. The molecular weight excluding hydrogens is 196 g/mol. The van der Waals surface area contributed by atoms with Crippen molar-refractivity contribution in [3.63, 3.8) is 0 Å². The van der Waals surface area contributed by atoms with E-state index in [2.05, 4.69) is 41.0 Å². The minimum Gasteiger partial charge on any atom is -0.316 e. The monoisotopic (exact) mass is 216 g/mol. The van der Waals surface area contributed by atoms with E-state index in [4.69, 9.17) is 0 Å². The molecule has 0 radical (unpaired) electrons. The first-order valence-corrected chi connectivity index (χ1v) is 6.42. The van der Waals surface area contributed by atoms with Crippen LogP contribution >= 0.6 is 0 Å². The summed E-state index contributed by atoms with van der Waals surface area (Å²) in [6.45, 7) is 3.61. The SMILES string of the molecule is c1ccc([C@@H]2C[C@H]2NCC2CCNC2)cc1. The van der Waals surface area contributed by atoms with Gasteiger partial charge in [0.15, 0.2) is 0 Å². The van der Waals surface area contributed by atoms with Gasteiger partial charge in [0, 0.05) is 12.0 Å². The van der Waals surface area contributed by atoms with Gasteiger partial charge >= 0.3 is 0 Å². The van der Waals surface area contributed by atoms with Crippen molar-refractivity contribution in [1.82, 2.24) is 10.6 Å². The van der Waals surface area contributed by atoms with Crippen molar-refractivity contribution in [2.24, 2.45) is 5.92 Å². The van der Waals surface area contributed by atoms with Gasteiger partial charge in [-0.25, -0.2) is 0 Å². The molecule has 3 atom stereocenters. The van der Waals surface area contributed by atoms with Gasteiger partial charge in [-0.2, -0.15) is 0 Å². The van der Waals surface area contributed by atoms with Crippen LogP contribution in [0.5, 0.6) is 0 Å². The van der Waals surface area contributed by atoms with E-state index in [0.29, 0.717) is 0 Å². The summed E-state index contributed by atoms with van der Waals surface area (Å²) < 4.78 is 0. The molecule has 1 saturated heterocycles. The van der Waals surface area contributed by atoms with Crippen molar-refractivity contribution >= 4 is 0 Å². The highest BCUT2D eigenvalue weighted by molar-refractivity contribution is 5.27. The van der Waals surface area contributed by atoms with Crippen molar-refractivity contribution < 1.29 is 0 Å². The number of benzene rings is 1. The molecule has 16 heavy (non-hydrogen) atoms. The van der Waals surface area contributed by atoms with Gasteiger partial charge in [0.1, 0.15) is 0 Å². The predicted molar refractivity (Wildman–Crippen MR) is 66.6 cm³/mol. The van der Waals surface area contributed by atoms with Gasteiger partial charge in [-0.05, 0) is 44.0 Å². The molecule has 1 unspecified atom stereocenters. The first-order chi connectivity index (χ1) is 7.93. The van der Waals surface area contributed by atoms with Crippen LogP contribution in [0.1, 0.15) is 24.3 Å². The molecular formula is C14H20N2. The maximum Gasteiger partial charge on any atom is 0.0143 e. The number of hydrogen-bond donors (Lipinski definition) is 2. The molecule has 2 aliphatic rings. The van der Waals surface area contributed by atoms with Crippen molar-refractivity contribution in [1.29, 1.82) is 0 Å². The molecule has 0 aromatic heterocycles. The molecule has 2 N–H and O–H groups in total. The lowest BCUT2D eigenvalue weighted by atomic mass is 10.1. The van der Waals surface area contributed by atoms with Crippen LogP contribution in [0.4, 0.5) is 0 Å². The van der Waals surface area contributed by atoms with Crippen LogP contribution in [0.15, 0.2) is 30.3 Å². The number of hydrogen-bond acceptors (Lipinski definition) is 2. The van der Waals surface area contributed by atoms with Gasteiger partial charge in [-0.15, -0.1) is 0 Å². The summed E-state index contributed by atoms with van der Waals surface area (Å²) in [6.07, 6.45) is 2.67. The lowest BCUT2D eigenvalue weighted by molar-refractivity contribution is 0.507. The molecule has 86 valence electrons. The Bertz CT molecular complexity index is 330. The van der Waals surface area contributed by atoms with Crippen LogP contribution in [0, 0.1) is 5.92 Å². The maximum absolute atomic E-state index is 3.71. The molecule has 0 spiro atoms. The molecule has 0 bridgehead atoms. The second-order valence-corrected chi connectivity index (χ2v) is 5.13. The Morgan fingerprint density at radius 2 is 2.12 bits per heavy atom. The first kappa shape index (κ1) is 10.3. The predicted octanol–water partition coefficient (Wildman–Crippen LogP) is 1.74. The van der Waals surface area contributed by atoms with Gasteiger partial charge < -0.3 is 10.6 Å². The topological polar surface area (TPSA) is 24.1 Å². The standard InChI is InChI=1S/C14H20N2/c1-2-4-12(5-3-1)13-8-14(13)16-10-11-6-7-15-9-11/h1-5,11,13-16H,6-10H2/t11?,13-,14+/m0/s1. The van der Waals surface area contributed by atoms with Crippen LogP contribution in [-0.2, 0) is 0 Å². The fourth-order valence-corrected chi connectivity index (χ4v) is 2.70. The third kappa shape index (κ3) is 2.28. The van der Waals surface area contributed by atoms with Gasteiger partial charge in [-0.3, -0.25) is 0 Å². The van der Waals surface area contributed by atoms with E-state index >= 15 is 0 Å². The minimum absolute atomic E-state index is 0.739. The molecule has 3 rings (SSSR count). The Balaban J connectivity index is 1.46. The van der Waals surface area contributed by atoms with Gasteiger partial charge in [0.2, 0.25) is 0 Å². The lowest BCUT2D eigenvalue weighted by Crippen LogP contribution is -2.26. The van der Waals surface area contributed by atoms with E-state index in [-0.39, 0.29) is 0 Å². The van der Waals surface area contributed by atoms with Crippen LogP contribution in [-0.4, -0.2) is 25.7 Å². The van der Waals surface area contributed by atoms with Crippen molar-refractivity contribution in [3.05, 3.63) is 35.9 Å². The second kappa shape index (κ2) is 4.56. The van der Waals surface area contributed by atoms with E-state index < -0.39 is 0 Å². The largest absolute Gasteiger partial charge is 0.316 e. The summed E-state index contributed by atoms with van der Waals surface area (Å²) in [7, 11) is 0. The van der Waals surface area contributed by atoms with Crippen LogP contribution < -0.4 is 10.6 Å². The second-order valence-electron chi connectivity index (χ2n) is 5.13. The third-order valence-electron chi connectivity index (χ3n) is 3.85. The van der Waals surface area contributed by atoms with Crippen LogP contribution in [0.2, 0.25) is 0 Å². The van der Waals surface area contributed by atoms with Crippen molar-refractivity contribution in [3.8, 4) is 0 Å². The molecule has 1 aliphatic carbocycles. The summed E-state index contributed by atoms with van der Waals surface area (Å²) in [5, 5.41) is 7.13. The average Bonchev–Trinajstić information content (AvgIpc) is 2.93. The Morgan fingerprint density at radius 1 is 1.25 bits per heavy atom. The van der Waals surface area contributed by atoms with Gasteiger partial charge in [-0.1, -0.05) is 30.3 Å². The zero-order chi connectivity index (χ0) is 10.8. The summed E-state index contributed by atoms with van der Waals surface area (Å²) in [5.74, 6) is 1.63. The summed E-state index contributed by atoms with van der Waals surface area (Å²) in [6, 6.07) is 11.6. The molecule has 2 heteroatoms. The molecule has 2 fully saturated rings. The highest BCUT2D eigenvalue weighted by atomic mass is 15.0. The highest BCUT2D eigenvalue weighted by Gasteiger charge is 2.37. The zero-order valence-electron chi connectivity index (χ0n) is 9.65. The minimum atomic E-state index is 0.739. The van der Waals surface area contributed by atoms with E-state index in [1.54, 1.807) is 0 Å². The highest BCUT2D eigenvalue weighted by Crippen LogP contribution is 2.40. The lowest BCUT2D eigenvalue weighted by Gasteiger charge is -2.09.